The van der Waals surface area contributed by atoms with Gasteiger partial charge in [-0.3, -0.25) is 4.79 Å². The Morgan fingerprint density at radius 3 is 2.61 bits per heavy atom. The first-order chi connectivity index (χ1) is 8.47. The molecule has 0 atom stereocenters. The van der Waals surface area contributed by atoms with Crippen molar-refractivity contribution in [2.75, 3.05) is 5.32 Å². The van der Waals surface area contributed by atoms with Crippen LogP contribution in [0.5, 0.6) is 0 Å². The molecule has 1 amide bonds. The standard InChI is InChI=1S/C14H15BrN2O/c1-9-4-5-10(2)12(6-9)16-14(18)13-7-11(15)8-17(13)3/h4-8H,1-3H3,(H,16,18). The maximum absolute atomic E-state index is 12.2. The number of nitrogens with one attached hydrogen (secondary N) is 1. The Kier molecular flexibility index (Phi) is 3.57. The van der Waals surface area contributed by atoms with E-state index in [2.05, 4.69) is 21.2 Å². The Balaban J connectivity index is 2.26. The molecule has 1 heterocycles. The van der Waals surface area contributed by atoms with E-state index >= 15 is 0 Å². The number of carbonyl (C=O) groups excluding carboxylic acids is 1. The van der Waals surface area contributed by atoms with Gasteiger partial charge in [-0.1, -0.05) is 12.1 Å². The molecule has 94 valence electrons. The Labute approximate surface area is 115 Å². The van der Waals surface area contributed by atoms with E-state index in [0.717, 1.165) is 21.3 Å². The van der Waals surface area contributed by atoms with Crippen molar-refractivity contribution < 1.29 is 4.79 Å². The number of amides is 1. The topological polar surface area (TPSA) is 34.0 Å². The second kappa shape index (κ2) is 4.98. The Morgan fingerprint density at radius 2 is 2.00 bits per heavy atom. The molecule has 0 aliphatic carbocycles. The number of aryl methyl sites for hydroxylation is 3. The van der Waals surface area contributed by atoms with E-state index in [1.54, 1.807) is 10.6 Å². The molecule has 0 saturated heterocycles. The Hall–Kier alpha value is -1.55. The fraction of sp³-hybridized carbons (Fsp3) is 0.214. The summed E-state index contributed by atoms with van der Waals surface area (Å²) in [5, 5.41) is 2.94. The molecule has 0 radical (unpaired) electrons. The zero-order chi connectivity index (χ0) is 13.3. The third-order valence-corrected chi connectivity index (χ3v) is 3.28. The van der Waals surface area contributed by atoms with Crippen LogP contribution in [0, 0.1) is 13.8 Å². The molecular weight excluding hydrogens is 292 g/mol. The molecule has 0 fully saturated rings. The van der Waals surface area contributed by atoms with Crippen LogP contribution in [0.15, 0.2) is 34.9 Å². The van der Waals surface area contributed by atoms with Gasteiger partial charge in [-0.05, 0) is 53.0 Å². The highest BCUT2D eigenvalue weighted by Crippen LogP contribution is 2.19. The van der Waals surface area contributed by atoms with Gasteiger partial charge in [0.2, 0.25) is 0 Å². The van der Waals surface area contributed by atoms with Gasteiger partial charge in [-0.15, -0.1) is 0 Å². The van der Waals surface area contributed by atoms with Gasteiger partial charge in [0.15, 0.2) is 0 Å². The van der Waals surface area contributed by atoms with E-state index < -0.39 is 0 Å². The summed E-state index contributed by atoms with van der Waals surface area (Å²) in [5.41, 5.74) is 3.67. The Morgan fingerprint density at radius 1 is 1.28 bits per heavy atom. The van der Waals surface area contributed by atoms with Crippen molar-refractivity contribution in [3.8, 4) is 0 Å². The molecule has 0 spiro atoms. The predicted octanol–water partition coefficient (Wildman–Crippen LogP) is 3.66. The van der Waals surface area contributed by atoms with Gasteiger partial charge < -0.3 is 9.88 Å². The number of nitrogens with zero attached hydrogens (tertiary/aromatic N) is 1. The van der Waals surface area contributed by atoms with Crippen LogP contribution in [0.2, 0.25) is 0 Å². The maximum Gasteiger partial charge on any atom is 0.272 e. The molecule has 1 N–H and O–H groups in total. The smallest absolute Gasteiger partial charge is 0.272 e. The number of hydrogen-bond acceptors (Lipinski definition) is 1. The first-order valence-corrected chi connectivity index (χ1v) is 6.47. The summed E-state index contributed by atoms with van der Waals surface area (Å²) in [5.74, 6) is -0.100. The number of halogens is 1. The minimum Gasteiger partial charge on any atom is -0.345 e. The van der Waals surface area contributed by atoms with Crippen LogP contribution >= 0.6 is 15.9 Å². The number of rotatable bonds is 2. The third kappa shape index (κ3) is 2.64. The summed E-state index contributed by atoms with van der Waals surface area (Å²) in [6.07, 6.45) is 1.86. The summed E-state index contributed by atoms with van der Waals surface area (Å²) < 4.78 is 2.70. The highest BCUT2D eigenvalue weighted by Gasteiger charge is 2.12. The maximum atomic E-state index is 12.2. The van der Waals surface area contributed by atoms with Gasteiger partial charge in [-0.2, -0.15) is 0 Å². The summed E-state index contributed by atoms with van der Waals surface area (Å²) >= 11 is 3.36. The molecule has 4 heteroatoms. The normalized spacial score (nSPS) is 10.4. The van der Waals surface area contributed by atoms with Crippen LogP contribution in [-0.4, -0.2) is 10.5 Å². The average molecular weight is 307 g/mol. The molecule has 2 rings (SSSR count). The highest BCUT2D eigenvalue weighted by atomic mass is 79.9. The van der Waals surface area contributed by atoms with Gasteiger partial charge >= 0.3 is 0 Å². The number of benzene rings is 1. The monoisotopic (exact) mass is 306 g/mol. The van der Waals surface area contributed by atoms with Gasteiger partial charge in [0.25, 0.3) is 5.91 Å². The fourth-order valence-electron chi connectivity index (χ4n) is 1.81. The molecular formula is C14H15BrN2O. The van der Waals surface area contributed by atoms with Crippen molar-refractivity contribution in [2.24, 2.45) is 7.05 Å². The van der Waals surface area contributed by atoms with Crippen LogP contribution in [0.4, 0.5) is 5.69 Å². The van der Waals surface area contributed by atoms with Crippen molar-refractivity contribution in [1.29, 1.82) is 0 Å². The van der Waals surface area contributed by atoms with Crippen molar-refractivity contribution in [2.45, 2.75) is 13.8 Å². The molecule has 1 aromatic heterocycles. The van der Waals surface area contributed by atoms with Crippen LogP contribution in [-0.2, 0) is 7.05 Å². The zero-order valence-corrected chi connectivity index (χ0v) is 12.2. The second-order valence-corrected chi connectivity index (χ2v) is 5.34. The van der Waals surface area contributed by atoms with Crippen LogP contribution in [0.3, 0.4) is 0 Å². The first-order valence-electron chi connectivity index (χ1n) is 5.68. The van der Waals surface area contributed by atoms with Crippen molar-refractivity contribution >= 4 is 27.5 Å². The highest BCUT2D eigenvalue weighted by molar-refractivity contribution is 9.10. The predicted molar refractivity (Wildman–Crippen MR) is 77.0 cm³/mol. The van der Waals surface area contributed by atoms with Crippen LogP contribution in [0.25, 0.3) is 0 Å². The lowest BCUT2D eigenvalue weighted by molar-refractivity contribution is 0.101. The molecule has 0 bridgehead atoms. The largest absolute Gasteiger partial charge is 0.345 e. The summed E-state index contributed by atoms with van der Waals surface area (Å²) in [6, 6.07) is 7.82. The minimum absolute atomic E-state index is 0.100. The van der Waals surface area contributed by atoms with E-state index in [1.807, 2.05) is 45.3 Å². The fourth-order valence-corrected chi connectivity index (χ4v) is 2.33. The van der Waals surface area contributed by atoms with E-state index in [4.69, 9.17) is 0 Å². The van der Waals surface area contributed by atoms with E-state index in [1.165, 1.54) is 0 Å². The van der Waals surface area contributed by atoms with Gasteiger partial charge in [-0.25, -0.2) is 0 Å². The number of aromatic nitrogens is 1. The SMILES string of the molecule is Cc1ccc(C)c(NC(=O)c2cc(Br)cn2C)c1. The zero-order valence-electron chi connectivity index (χ0n) is 10.6. The van der Waals surface area contributed by atoms with Gasteiger partial charge in [0.05, 0.1) is 0 Å². The lowest BCUT2D eigenvalue weighted by Crippen LogP contribution is -2.16. The molecule has 0 unspecified atom stereocenters. The van der Waals surface area contributed by atoms with Crippen LogP contribution < -0.4 is 5.32 Å². The molecule has 0 saturated carbocycles. The molecule has 0 aliphatic heterocycles. The number of carbonyl (C=O) groups is 1. The summed E-state index contributed by atoms with van der Waals surface area (Å²) in [7, 11) is 1.85. The van der Waals surface area contributed by atoms with Crippen molar-refractivity contribution in [3.05, 3.63) is 51.8 Å². The molecule has 2 aromatic rings. The molecule has 18 heavy (non-hydrogen) atoms. The number of hydrogen-bond donors (Lipinski definition) is 1. The van der Waals surface area contributed by atoms with E-state index in [9.17, 15) is 4.79 Å². The summed E-state index contributed by atoms with van der Waals surface area (Å²) in [4.78, 5) is 12.2. The number of anilines is 1. The second-order valence-electron chi connectivity index (χ2n) is 4.43. The minimum atomic E-state index is -0.100. The third-order valence-electron chi connectivity index (χ3n) is 2.85. The van der Waals surface area contributed by atoms with E-state index in [0.29, 0.717) is 5.69 Å². The van der Waals surface area contributed by atoms with Crippen LogP contribution in [0.1, 0.15) is 21.6 Å². The van der Waals surface area contributed by atoms with Crippen molar-refractivity contribution in [1.82, 2.24) is 4.57 Å². The summed E-state index contributed by atoms with van der Waals surface area (Å²) in [6.45, 7) is 3.99. The van der Waals surface area contributed by atoms with Crippen molar-refractivity contribution in [3.63, 3.8) is 0 Å². The lowest BCUT2D eigenvalue weighted by Gasteiger charge is -2.09. The molecule has 0 aliphatic rings. The van der Waals surface area contributed by atoms with Gasteiger partial charge in [0.1, 0.15) is 5.69 Å². The first kappa shape index (κ1) is 12.9. The lowest BCUT2D eigenvalue weighted by atomic mass is 10.1. The van der Waals surface area contributed by atoms with E-state index in [-0.39, 0.29) is 5.91 Å². The van der Waals surface area contributed by atoms with Gasteiger partial charge in [0, 0.05) is 23.4 Å². The molecule has 3 nitrogen and oxygen atoms in total. The average Bonchev–Trinajstić information content (AvgIpc) is 2.63. The Bertz CT molecular complexity index is 602. The molecule has 1 aromatic carbocycles. The quantitative estimate of drug-likeness (QED) is 0.902.